The standard InChI is InChI=1S/C15H20Cl2N2O2/c1-15(2,3)19-14(21)9-18-13(20)7-5-10-4-6-11(16)8-12(10)17/h4,6,8H,5,7,9H2,1-3H3,(H,18,20)(H,19,21). The summed E-state index contributed by atoms with van der Waals surface area (Å²) >= 11 is 11.8. The lowest BCUT2D eigenvalue weighted by atomic mass is 10.1. The number of carbonyl (C=O) groups excluding carboxylic acids is 2. The molecule has 1 aromatic carbocycles. The van der Waals surface area contributed by atoms with Crippen molar-refractivity contribution < 1.29 is 9.59 Å². The van der Waals surface area contributed by atoms with E-state index in [0.717, 1.165) is 5.56 Å². The van der Waals surface area contributed by atoms with Crippen molar-refractivity contribution in [3.63, 3.8) is 0 Å². The summed E-state index contributed by atoms with van der Waals surface area (Å²) in [6.45, 7) is 5.63. The molecule has 116 valence electrons. The van der Waals surface area contributed by atoms with Crippen molar-refractivity contribution in [1.29, 1.82) is 0 Å². The zero-order valence-electron chi connectivity index (χ0n) is 12.4. The molecule has 21 heavy (non-hydrogen) atoms. The molecular formula is C15H20Cl2N2O2. The van der Waals surface area contributed by atoms with Crippen LogP contribution in [0, 0.1) is 0 Å². The fourth-order valence-corrected chi connectivity index (χ4v) is 2.21. The van der Waals surface area contributed by atoms with Crippen LogP contribution in [0.4, 0.5) is 0 Å². The summed E-state index contributed by atoms with van der Waals surface area (Å²) < 4.78 is 0. The molecule has 0 aliphatic heterocycles. The van der Waals surface area contributed by atoms with Gasteiger partial charge >= 0.3 is 0 Å². The van der Waals surface area contributed by atoms with Gasteiger partial charge in [-0.05, 0) is 44.9 Å². The van der Waals surface area contributed by atoms with E-state index in [1.165, 1.54) is 0 Å². The molecule has 0 fully saturated rings. The van der Waals surface area contributed by atoms with Crippen LogP contribution in [0.2, 0.25) is 10.0 Å². The Labute approximate surface area is 135 Å². The summed E-state index contributed by atoms with van der Waals surface area (Å²) in [7, 11) is 0. The molecule has 2 N–H and O–H groups in total. The molecule has 0 atom stereocenters. The third-order valence-electron chi connectivity index (χ3n) is 2.60. The second kappa shape index (κ2) is 7.66. The minimum absolute atomic E-state index is 0.0234. The number of halogens is 2. The van der Waals surface area contributed by atoms with Crippen molar-refractivity contribution >= 4 is 35.0 Å². The number of aryl methyl sites for hydroxylation is 1. The van der Waals surface area contributed by atoms with Crippen molar-refractivity contribution in [2.45, 2.75) is 39.2 Å². The predicted molar refractivity (Wildman–Crippen MR) is 85.7 cm³/mol. The van der Waals surface area contributed by atoms with Crippen LogP contribution in [-0.4, -0.2) is 23.9 Å². The smallest absolute Gasteiger partial charge is 0.239 e. The lowest BCUT2D eigenvalue weighted by Crippen LogP contribution is -2.45. The van der Waals surface area contributed by atoms with Crippen LogP contribution in [0.25, 0.3) is 0 Å². The minimum Gasteiger partial charge on any atom is -0.350 e. The van der Waals surface area contributed by atoms with Crippen molar-refractivity contribution in [2.75, 3.05) is 6.54 Å². The molecule has 0 heterocycles. The Hall–Kier alpha value is -1.26. The molecule has 0 radical (unpaired) electrons. The number of nitrogens with one attached hydrogen (secondary N) is 2. The van der Waals surface area contributed by atoms with Crippen LogP contribution in [0.3, 0.4) is 0 Å². The van der Waals surface area contributed by atoms with Gasteiger partial charge in [-0.3, -0.25) is 9.59 Å². The zero-order valence-corrected chi connectivity index (χ0v) is 13.9. The number of hydrogen-bond acceptors (Lipinski definition) is 2. The maximum Gasteiger partial charge on any atom is 0.239 e. The first-order valence-corrected chi connectivity index (χ1v) is 7.44. The average molecular weight is 331 g/mol. The van der Waals surface area contributed by atoms with Gasteiger partial charge in [0, 0.05) is 22.0 Å². The molecule has 0 aliphatic rings. The van der Waals surface area contributed by atoms with Gasteiger partial charge in [0.2, 0.25) is 11.8 Å². The van der Waals surface area contributed by atoms with Gasteiger partial charge in [0.1, 0.15) is 0 Å². The van der Waals surface area contributed by atoms with Crippen molar-refractivity contribution in [2.24, 2.45) is 0 Å². The summed E-state index contributed by atoms with van der Waals surface area (Å²) in [6, 6.07) is 5.18. The molecule has 0 aromatic heterocycles. The monoisotopic (exact) mass is 330 g/mol. The first-order valence-electron chi connectivity index (χ1n) is 6.69. The van der Waals surface area contributed by atoms with E-state index in [9.17, 15) is 9.59 Å². The van der Waals surface area contributed by atoms with E-state index >= 15 is 0 Å². The number of hydrogen-bond donors (Lipinski definition) is 2. The van der Waals surface area contributed by atoms with Crippen molar-refractivity contribution in [3.8, 4) is 0 Å². The molecule has 0 aliphatic carbocycles. The maximum atomic E-state index is 11.7. The lowest BCUT2D eigenvalue weighted by molar-refractivity contribution is -0.126. The van der Waals surface area contributed by atoms with Crippen LogP contribution in [-0.2, 0) is 16.0 Å². The van der Waals surface area contributed by atoms with Gasteiger partial charge < -0.3 is 10.6 Å². The van der Waals surface area contributed by atoms with Crippen molar-refractivity contribution in [3.05, 3.63) is 33.8 Å². The largest absolute Gasteiger partial charge is 0.350 e. The van der Waals surface area contributed by atoms with Crippen LogP contribution in [0.1, 0.15) is 32.8 Å². The van der Waals surface area contributed by atoms with E-state index in [2.05, 4.69) is 10.6 Å². The van der Waals surface area contributed by atoms with Crippen molar-refractivity contribution in [1.82, 2.24) is 10.6 Å². The summed E-state index contributed by atoms with van der Waals surface area (Å²) in [5.41, 5.74) is 0.550. The van der Waals surface area contributed by atoms with Gasteiger partial charge in [-0.2, -0.15) is 0 Å². The zero-order chi connectivity index (χ0) is 16.0. The Morgan fingerprint density at radius 3 is 2.38 bits per heavy atom. The van der Waals surface area contributed by atoms with E-state index < -0.39 is 0 Å². The molecule has 1 aromatic rings. The Morgan fingerprint density at radius 2 is 1.81 bits per heavy atom. The number of carbonyl (C=O) groups is 2. The topological polar surface area (TPSA) is 58.2 Å². The average Bonchev–Trinajstić information content (AvgIpc) is 2.33. The summed E-state index contributed by atoms with van der Waals surface area (Å²) in [5.74, 6) is -0.398. The SMILES string of the molecule is CC(C)(C)NC(=O)CNC(=O)CCc1ccc(Cl)cc1Cl. The van der Waals surface area contributed by atoms with Gasteiger partial charge in [0.05, 0.1) is 6.54 Å². The Morgan fingerprint density at radius 1 is 1.14 bits per heavy atom. The van der Waals surface area contributed by atoms with Gasteiger partial charge in [0.25, 0.3) is 0 Å². The lowest BCUT2D eigenvalue weighted by Gasteiger charge is -2.20. The molecule has 0 saturated heterocycles. The fraction of sp³-hybridized carbons (Fsp3) is 0.467. The fourth-order valence-electron chi connectivity index (χ4n) is 1.70. The Bertz CT molecular complexity index is 525. The second-order valence-corrected chi connectivity index (χ2v) is 6.65. The highest BCUT2D eigenvalue weighted by atomic mass is 35.5. The van der Waals surface area contributed by atoms with Gasteiger partial charge in [0.15, 0.2) is 0 Å². The molecule has 1 rings (SSSR count). The van der Waals surface area contributed by atoms with Crippen LogP contribution >= 0.6 is 23.2 Å². The van der Waals surface area contributed by atoms with Gasteiger partial charge in [-0.1, -0.05) is 29.3 Å². The maximum absolute atomic E-state index is 11.7. The molecule has 0 saturated carbocycles. The Kier molecular flexibility index (Phi) is 6.49. The van der Waals surface area contributed by atoms with Gasteiger partial charge in [-0.25, -0.2) is 0 Å². The number of benzene rings is 1. The van der Waals surface area contributed by atoms with E-state index in [4.69, 9.17) is 23.2 Å². The third kappa shape index (κ3) is 7.34. The first-order chi connectivity index (χ1) is 9.67. The molecule has 4 nitrogen and oxygen atoms in total. The summed E-state index contributed by atoms with van der Waals surface area (Å²) in [6.07, 6.45) is 0.771. The number of rotatable bonds is 5. The van der Waals surface area contributed by atoms with Crippen LogP contribution in [0.15, 0.2) is 18.2 Å². The van der Waals surface area contributed by atoms with Crippen LogP contribution < -0.4 is 10.6 Å². The number of amides is 2. The van der Waals surface area contributed by atoms with Crippen LogP contribution in [0.5, 0.6) is 0 Å². The highest BCUT2D eigenvalue weighted by Crippen LogP contribution is 2.21. The molecule has 0 unspecified atom stereocenters. The Balaban J connectivity index is 2.36. The molecular weight excluding hydrogens is 311 g/mol. The summed E-state index contributed by atoms with van der Waals surface area (Å²) in [4.78, 5) is 23.3. The molecule has 2 amide bonds. The van der Waals surface area contributed by atoms with E-state index in [1.807, 2.05) is 20.8 Å². The highest BCUT2D eigenvalue weighted by molar-refractivity contribution is 6.35. The first kappa shape index (κ1) is 17.8. The normalized spacial score (nSPS) is 11.1. The van der Waals surface area contributed by atoms with E-state index in [0.29, 0.717) is 16.5 Å². The minimum atomic E-state index is -0.307. The second-order valence-electron chi connectivity index (χ2n) is 5.81. The predicted octanol–water partition coefficient (Wildman–Crippen LogP) is 2.96. The highest BCUT2D eigenvalue weighted by Gasteiger charge is 2.14. The van der Waals surface area contributed by atoms with E-state index in [-0.39, 0.29) is 30.3 Å². The van der Waals surface area contributed by atoms with Gasteiger partial charge in [-0.15, -0.1) is 0 Å². The summed E-state index contributed by atoms with van der Waals surface area (Å²) in [5, 5.41) is 6.46. The molecule has 0 spiro atoms. The van der Waals surface area contributed by atoms with E-state index in [1.54, 1.807) is 18.2 Å². The molecule has 0 bridgehead atoms. The quantitative estimate of drug-likeness (QED) is 0.871. The molecule has 6 heteroatoms. The third-order valence-corrected chi connectivity index (χ3v) is 3.18.